The average molecular weight is 505 g/mol. The van der Waals surface area contributed by atoms with E-state index in [0.717, 1.165) is 41.8 Å². The summed E-state index contributed by atoms with van der Waals surface area (Å²) in [7, 11) is 0. The Kier molecular flexibility index (Phi) is 7.20. The van der Waals surface area contributed by atoms with Crippen LogP contribution in [0.25, 0.3) is 10.1 Å². The lowest BCUT2D eigenvalue weighted by molar-refractivity contribution is 0.104. The number of rotatable bonds is 9. The molecule has 0 unspecified atom stereocenters. The van der Waals surface area contributed by atoms with Gasteiger partial charge in [-0.2, -0.15) is 0 Å². The summed E-state index contributed by atoms with van der Waals surface area (Å²) in [5, 5.41) is 14.3. The Hall–Kier alpha value is -3.42. The summed E-state index contributed by atoms with van der Waals surface area (Å²) < 4.78 is 20.4. The van der Waals surface area contributed by atoms with Crippen LogP contribution in [0.4, 0.5) is 10.1 Å². The summed E-state index contributed by atoms with van der Waals surface area (Å²) in [5.74, 6) is 0.513. The number of benzene rings is 3. The molecular weight excluding hydrogens is 475 g/mol. The number of carbonyl (C=O) groups is 1. The third-order valence-electron chi connectivity index (χ3n) is 6.49. The molecule has 5 rings (SSSR count). The Labute approximate surface area is 214 Å². The van der Waals surface area contributed by atoms with Crippen molar-refractivity contribution >= 4 is 32.9 Å². The highest BCUT2D eigenvalue weighted by atomic mass is 32.1. The molecule has 0 radical (unpaired) electrons. The number of unbranched alkanes of at least 4 members (excludes halogenated alkanes) is 1. The van der Waals surface area contributed by atoms with Gasteiger partial charge < -0.3 is 20.1 Å². The second-order valence-corrected chi connectivity index (χ2v) is 10.2. The number of hydrogen-bond donors (Lipinski definition) is 2. The fraction of sp³-hybridized carbons (Fsp3) is 0.276. The molecule has 0 aliphatic carbocycles. The van der Waals surface area contributed by atoms with Crippen molar-refractivity contribution in [1.29, 1.82) is 0 Å². The lowest BCUT2D eigenvalue weighted by atomic mass is 10.1. The van der Waals surface area contributed by atoms with Crippen LogP contribution in [0, 0.1) is 5.82 Å². The summed E-state index contributed by atoms with van der Waals surface area (Å²) in [4.78, 5) is 16.2. The van der Waals surface area contributed by atoms with Gasteiger partial charge in [-0.05, 0) is 86.1 Å². The van der Waals surface area contributed by atoms with Crippen LogP contribution in [0.1, 0.15) is 41.4 Å². The molecule has 0 amide bonds. The number of ketones is 1. The molecule has 36 heavy (non-hydrogen) atoms. The average Bonchev–Trinajstić information content (AvgIpc) is 3.48. The Bertz CT molecular complexity index is 1350. The molecule has 0 bridgehead atoms. The van der Waals surface area contributed by atoms with Gasteiger partial charge in [-0.1, -0.05) is 13.3 Å². The number of ether oxygens (including phenoxy) is 1. The number of aromatic hydroxyl groups is 1. The minimum absolute atomic E-state index is 0.117. The first-order chi connectivity index (χ1) is 17.5. The first-order valence-electron chi connectivity index (χ1n) is 12.3. The van der Waals surface area contributed by atoms with E-state index in [9.17, 15) is 14.3 Å². The summed E-state index contributed by atoms with van der Waals surface area (Å²) in [5.41, 5.74) is 1.41. The van der Waals surface area contributed by atoms with Gasteiger partial charge in [0, 0.05) is 40.5 Å². The van der Waals surface area contributed by atoms with Crippen molar-refractivity contribution in [3.63, 3.8) is 0 Å². The van der Waals surface area contributed by atoms with Crippen LogP contribution in [-0.4, -0.2) is 41.5 Å². The molecule has 5 nitrogen and oxygen atoms in total. The Morgan fingerprint density at radius 2 is 1.92 bits per heavy atom. The summed E-state index contributed by atoms with van der Waals surface area (Å²) in [6.45, 7) is 5.57. The fourth-order valence-electron chi connectivity index (χ4n) is 4.55. The van der Waals surface area contributed by atoms with E-state index in [0.29, 0.717) is 28.0 Å². The zero-order valence-corrected chi connectivity index (χ0v) is 21.0. The van der Waals surface area contributed by atoms with E-state index in [1.807, 2.05) is 24.3 Å². The van der Waals surface area contributed by atoms with Crippen molar-refractivity contribution < 1.29 is 19.0 Å². The Morgan fingerprint density at radius 3 is 2.67 bits per heavy atom. The SMILES string of the molecule is CCCCN1CC[C@H](Nc2ccc(Oc3c(C(=O)c4ccc(F)cc4)sc4cc(O)ccc34)cc2)C1. The van der Waals surface area contributed by atoms with Crippen LogP contribution in [0.5, 0.6) is 17.2 Å². The molecular formula is C29H29FN2O3S. The van der Waals surface area contributed by atoms with E-state index in [2.05, 4.69) is 17.1 Å². The predicted octanol–water partition coefficient (Wildman–Crippen LogP) is 7.06. The van der Waals surface area contributed by atoms with Crippen LogP contribution >= 0.6 is 11.3 Å². The molecule has 1 aliphatic rings. The molecule has 1 aliphatic heterocycles. The molecule has 2 N–H and O–H groups in total. The third kappa shape index (κ3) is 5.37. The molecule has 1 fully saturated rings. The van der Waals surface area contributed by atoms with E-state index in [4.69, 9.17) is 4.74 Å². The van der Waals surface area contributed by atoms with E-state index in [-0.39, 0.29) is 11.5 Å². The van der Waals surface area contributed by atoms with E-state index in [1.54, 1.807) is 18.2 Å². The molecule has 3 aromatic carbocycles. The maximum absolute atomic E-state index is 13.4. The van der Waals surface area contributed by atoms with Gasteiger partial charge in [0.25, 0.3) is 0 Å². The second kappa shape index (κ2) is 10.7. The molecule has 4 aromatic rings. The quantitative estimate of drug-likeness (QED) is 0.239. The Morgan fingerprint density at radius 1 is 1.14 bits per heavy atom. The van der Waals surface area contributed by atoms with Crippen molar-refractivity contribution in [1.82, 2.24) is 4.90 Å². The minimum atomic E-state index is -0.399. The molecule has 7 heteroatoms. The number of hydrogen-bond acceptors (Lipinski definition) is 6. The molecule has 1 atom stereocenters. The number of fused-ring (bicyclic) bond motifs is 1. The lowest BCUT2D eigenvalue weighted by Gasteiger charge is -2.17. The lowest BCUT2D eigenvalue weighted by Crippen LogP contribution is -2.26. The monoisotopic (exact) mass is 504 g/mol. The van der Waals surface area contributed by atoms with Crippen LogP contribution in [-0.2, 0) is 0 Å². The van der Waals surface area contributed by atoms with Gasteiger partial charge in [-0.25, -0.2) is 4.39 Å². The number of carbonyl (C=O) groups excluding carboxylic acids is 1. The van der Waals surface area contributed by atoms with Gasteiger partial charge in [0.2, 0.25) is 5.78 Å². The minimum Gasteiger partial charge on any atom is -0.508 e. The van der Waals surface area contributed by atoms with Gasteiger partial charge in [0.05, 0.1) is 0 Å². The second-order valence-electron chi connectivity index (χ2n) is 9.19. The maximum Gasteiger partial charge on any atom is 0.206 e. The van der Waals surface area contributed by atoms with Gasteiger partial charge >= 0.3 is 0 Å². The number of nitrogens with zero attached hydrogens (tertiary/aromatic N) is 1. The van der Waals surface area contributed by atoms with Gasteiger partial charge in [0.1, 0.15) is 22.2 Å². The van der Waals surface area contributed by atoms with Crippen molar-refractivity contribution in [3.8, 4) is 17.2 Å². The number of phenolic OH excluding ortho intramolecular Hbond substituents is 1. The highest BCUT2D eigenvalue weighted by Crippen LogP contribution is 2.42. The summed E-state index contributed by atoms with van der Waals surface area (Å²) in [6, 6.07) is 18.6. The summed E-state index contributed by atoms with van der Waals surface area (Å²) in [6.07, 6.45) is 3.58. The number of halogens is 1. The molecule has 0 spiro atoms. The van der Waals surface area contributed by atoms with Crippen molar-refractivity contribution in [2.75, 3.05) is 25.0 Å². The van der Waals surface area contributed by atoms with Crippen molar-refractivity contribution in [2.24, 2.45) is 0 Å². The number of likely N-dealkylation sites (tertiary alicyclic amines) is 1. The molecule has 1 aromatic heterocycles. The van der Waals surface area contributed by atoms with Crippen LogP contribution < -0.4 is 10.1 Å². The predicted molar refractivity (Wildman–Crippen MR) is 143 cm³/mol. The molecule has 2 heterocycles. The zero-order chi connectivity index (χ0) is 25.1. The number of phenols is 1. The van der Waals surface area contributed by atoms with Crippen molar-refractivity contribution in [2.45, 2.75) is 32.2 Å². The first kappa shape index (κ1) is 24.3. The van der Waals surface area contributed by atoms with E-state index < -0.39 is 5.82 Å². The van der Waals surface area contributed by atoms with Crippen LogP contribution in [0.3, 0.4) is 0 Å². The van der Waals surface area contributed by atoms with Gasteiger partial charge in [0.15, 0.2) is 5.75 Å². The Balaban J connectivity index is 1.35. The largest absolute Gasteiger partial charge is 0.508 e. The van der Waals surface area contributed by atoms with Crippen LogP contribution in [0.2, 0.25) is 0 Å². The molecule has 1 saturated heterocycles. The molecule has 186 valence electrons. The number of anilines is 1. The van der Waals surface area contributed by atoms with Crippen LogP contribution in [0.15, 0.2) is 66.7 Å². The number of thiophene rings is 1. The summed E-state index contributed by atoms with van der Waals surface area (Å²) >= 11 is 1.25. The smallest absolute Gasteiger partial charge is 0.206 e. The maximum atomic E-state index is 13.4. The molecule has 0 saturated carbocycles. The third-order valence-corrected chi connectivity index (χ3v) is 7.62. The normalized spacial score (nSPS) is 15.9. The number of nitrogens with one attached hydrogen (secondary N) is 1. The van der Waals surface area contributed by atoms with Gasteiger partial charge in [-0.15, -0.1) is 11.3 Å². The van der Waals surface area contributed by atoms with E-state index in [1.165, 1.54) is 48.4 Å². The van der Waals surface area contributed by atoms with Crippen molar-refractivity contribution in [3.05, 3.63) is 83.0 Å². The first-order valence-corrected chi connectivity index (χ1v) is 13.1. The van der Waals surface area contributed by atoms with E-state index >= 15 is 0 Å². The zero-order valence-electron chi connectivity index (χ0n) is 20.2. The standard InChI is InChI=1S/C29H29FN2O3S/c1-2-3-15-32-16-14-22(18-32)31-21-8-11-24(12-9-21)35-28-25-13-10-23(33)17-26(25)36-29(28)27(34)19-4-6-20(30)7-5-19/h4-13,17,22,31,33H,2-3,14-16,18H2,1H3/t22-/m0/s1. The topological polar surface area (TPSA) is 61.8 Å². The van der Waals surface area contributed by atoms with Gasteiger partial charge in [-0.3, -0.25) is 4.79 Å². The highest BCUT2D eigenvalue weighted by molar-refractivity contribution is 7.21. The highest BCUT2D eigenvalue weighted by Gasteiger charge is 2.23. The fourth-order valence-corrected chi connectivity index (χ4v) is 5.68.